The molecule has 0 saturated heterocycles. The Bertz CT molecular complexity index is 1470. The summed E-state index contributed by atoms with van der Waals surface area (Å²) in [5.74, 6) is 1.45. The normalized spacial score (nSPS) is 14.5. The second-order valence-corrected chi connectivity index (χ2v) is 10.7. The Labute approximate surface area is 240 Å². The fraction of sp³-hybridized carbons (Fsp3) is 0.387. The molecule has 1 aliphatic rings. The maximum Gasteiger partial charge on any atom is 0.416 e. The number of alkyl halides is 6. The number of benzene rings is 2. The van der Waals surface area contributed by atoms with E-state index in [2.05, 4.69) is 21.8 Å². The zero-order chi connectivity index (χ0) is 29.9. The fourth-order valence-electron chi connectivity index (χ4n) is 5.60. The van der Waals surface area contributed by atoms with Gasteiger partial charge >= 0.3 is 12.4 Å². The van der Waals surface area contributed by atoms with Gasteiger partial charge in [0.15, 0.2) is 0 Å². The number of halogens is 6. The highest BCUT2D eigenvalue weighted by atomic mass is 19.4. The van der Waals surface area contributed by atoms with Crippen molar-refractivity contribution in [2.75, 3.05) is 22.9 Å². The number of para-hydroxylation sites is 1. The van der Waals surface area contributed by atoms with Crippen LogP contribution in [0.1, 0.15) is 54.9 Å². The molecule has 222 valence electrons. The molecule has 11 heteroatoms. The summed E-state index contributed by atoms with van der Waals surface area (Å²) in [7, 11) is 0. The van der Waals surface area contributed by atoms with E-state index >= 15 is 0 Å². The minimum absolute atomic E-state index is 0.121. The summed E-state index contributed by atoms with van der Waals surface area (Å²) >= 11 is 0. The number of aromatic nitrogens is 3. The van der Waals surface area contributed by atoms with Crippen LogP contribution in [-0.4, -0.2) is 28.0 Å². The summed E-state index contributed by atoms with van der Waals surface area (Å²) in [4.78, 5) is 17.4. The molecule has 1 aliphatic carbocycles. The van der Waals surface area contributed by atoms with Gasteiger partial charge in [0, 0.05) is 49.5 Å². The van der Waals surface area contributed by atoms with E-state index in [-0.39, 0.29) is 30.7 Å². The predicted molar refractivity (Wildman–Crippen MR) is 150 cm³/mol. The largest absolute Gasteiger partial charge is 0.416 e. The molecule has 2 aromatic carbocycles. The molecule has 0 aliphatic heterocycles. The van der Waals surface area contributed by atoms with E-state index in [4.69, 9.17) is 4.98 Å². The van der Waals surface area contributed by atoms with Crippen molar-refractivity contribution in [2.24, 2.45) is 5.92 Å². The summed E-state index contributed by atoms with van der Waals surface area (Å²) in [5, 5.41) is 0.875. The lowest BCUT2D eigenvalue weighted by molar-refractivity contribution is -0.143. The third-order valence-electron chi connectivity index (χ3n) is 7.63. The highest BCUT2D eigenvalue weighted by molar-refractivity contribution is 5.82. The van der Waals surface area contributed by atoms with Crippen LogP contribution >= 0.6 is 0 Å². The molecule has 1 fully saturated rings. The van der Waals surface area contributed by atoms with Crippen molar-refractivity contribution in [3.05, 3.63) is 89.2 Å². The molecule has 2 aromatic heterocycles. The van der Waals surface area contributed by atoms with E-state index in [1.807, 2.05) is 30.3 Å². The molecular weight excluding hydrogens is 556 g/mol. The zero-order valence-corrected chi connectivity index (χ0v) is 23.1. The van der Waals surface area contributed by atoms with Gasteiger partial charge in [-0.2, -0.15) is 26.3 Å². The standard InChI is InChI=1S/C31H31F6N5/c1-2-41(18-21-8-3-4-9-21)28-24(16-23-10-5-6-11-27(23)40-28)20-42(29-38-12-7-13-39-29)19-22-14-25(30(32,33)34)17-26(15-22)31(35,36)37/h5-7,10-17,21H,2-4,8-9,18-20H2,1H3. The van der Waals surface area contributed by atoms with Crippen LogP contribution in [0, 0.1) is 5.92 Å². The highest BCUT2D eigenvalue weighted by Gasteiger charge is 2.37. The minimum Gasteiger partial charge on any atom is -0.356 e. The molecule has 0 radical (unpaired) electrons. The van der Waals surface area contributed by atoms with E-state index < -0.39 is 23.5 Å². The summed E-state index contributed by atoms with van der Waals surface area (Å²) in [6.45, 7) is 3.40. The molecule has 0 amide bonds. The lowest BCUT2D eigenvalue weighted by Crippen LogP contribution is -2.32. The number of anilines is 2. The van der Waals surface area contributed by atoms with E-state index in [1.165, 1.54) is 25.2 Å². The van der Waals surface area contributed by atoms with Gasteiger partial charge in [-0.15, -0.1) is 0 Å². The number of rotatable bonds is 9. The maximum atomic E-state index is 13.6. The second kappa shape index (κ2) is 12.1. The third-order valence-corrected chi connectivity index (χ3v) is 7.63. The van der Waals surface area contributed by atoms with Crippen molar-refractivity contribution >= 4 is 22.7 Å². The smallest absolute Gasteiger partial charge is 0.356 e. The average molecular weight is 588 g/mol. The average Bonchev–Trinajstić information content (AvgIpc) is 3.48. The molecule has 0 atom stereocenters. The number of hydrogen-bond donors (Lipinski definition) is 0. The molecule has 2 heterocycles. The summed E-state index contributed by atoms with van der Waals surface area (Å²) in [6.07, 6.45) is -2.25. The van der Waals surface area contributed by atoms with Crippen LogP contribution in [0.2, 0.25) is 0 Å². The Kier molecular flexibility index (Phi) is 8.56. The zero-order valence-electron chi connectivity index (χ0n) is 23.1. The molecular formula is C31H31F6N5. The van der Waals surface area contributed by atoms with E-state index in [9.17, 15) is 26.3 Å². The van der Waals surface area contributed by atoms with Crippen LogP contribution in [-0.2, 0) is 25.4 Å². The molecule has 0 N–H and O–H groups in total. The van der Waals surface area contributed by atoms with Gasteiger partial charge in [-0.3, -0.25) is 0 Å². The highest BCUT2D eigenvalue weighted by Crippen LogP contribution is 2.37. The second-order valence-electron chi connectivity index (χ2n) is 10.7. The first-order chi connectivity index (χ1) is 20.0. The monoisotopic (exact) mass is 587 g/mol. The lowest BCUT2D eigenvalue weighted by atomic mass is 10.0. The van der Waals surface area contributed by atoms with Gasteiger partial charge in [0.25, 0.3) is 0 Å². The first-order valence-electron chi connectivity index (χ1n) is 13.9. The molecule has 5 nitrogen and oxygen atoms in total. The van der Waals surface area contributed by atoms with Crippen molar-refractivity contribution in [1.29, 1.82) is 0 Å². The Morgan fingerprint density at radius 3 is 2.05 bits per heavy atom. The number of nitrogens with zero attached hydrogens (tertiary/aromatic N) is 5. The number of pyridine rings is 1. The Hall–Kier alpha value is -3.89. The molecule has 42 heavy (non-hydrogen) atoms. The summed E-state index contributed by atoms with van der Waals surface area (Å²) < 4.78 is 81.7. The SMILES string of the molecule is CCN(CC1CCCC1)c1nc2ccccc2cc1CN(Cc1cc(C(F)(F)F)cc(C(F)(F)F)c1)c1ncccn1. The van der Waals surface area contributed by atoms with Crippen LogP contribution in [0.4, 0.5) is 38.1 Å². The summed E-state index contributed by atoms with van der Waals surface area (Å²) in [5.41, 5.74) is -1.29. The van der Waals surface area contributed by atoms with Crippen molar-refractivity contribution in [3.63, 3.8) is 0 Å². The van der Waals surface area contributed by atoms with Gasteiger partial charge in [-0.1, -0.05) is 31.0 Å². The fourth-order valence-corrected chi connectivity index (χ4v) is 5.60. The van der Waals surface area contributed by atoms with Gasteiger partial charge in [-0.25, -0.2) is 15.0 Å². The van der Waals surface area contributed by atoms with Crippen LogP contribution < -0.4 is 9.80 Å². The molecule has 0 unspecified atom stereocenters. The van der Waals surface area contributed by atoms with Crippen LogP contribution in [0.15, 0.2) is 67.0 Å². The van der Waals surface area contributed by atoms with Crippen LogP contribution in [0.25, 0.3) is 10.9 Å². The third kappa shape index (κ3) is 6.94. The topological polar surface area (TPSA) is 45.2 Å². The van der Waals surface area contributed by atoms with Crippen molar-refractivity contribution in [1.82, 2.24) is 15.0 Å². The van der Waals surface area contributed by atoms with Crippen molar-refractivity contribution < 1.29 is 26.3 Å². The van der Waals surface area contributed by atoms with Crippen molar-refractivity contribution in [3.8, 4) is 0 Å². The van der Waals surface area contributed by atoms with E-state index in [0.29, 0.717) is 12.5 Å². The maximum absolute atomic E-state index is 13.6. The summed E-state index contributed by atoms with van der Waals surface area (Å²) in [6, 6.07) is 12.9. The lowest BCUT2D eigenvalue weighted by Gasteiger charge is -2.30. The van der Waals surface area contributed by atoms with Crippen LogP contribution in [0.3, 0.4) is 0 Å². The molecule has 1 saturated carbocycles. The van der Waals surface area contributed by atoms with Crippen molar-refractivity contribution in [2.45, 2.75) is 58.0 Å². The Balaban J connectivity index is 1.58. The van der Waals surface area contributed by atoms with Gasteiger partial charge in [0.2, 0.25) is 5.95 Å². The minimum atomic E-state index is -4.94. The van der Waals surface area contributed by atoms with Gasteiger partial charge in [0.1, 0.15) is 5.82 Å². The van der Waals surface area contributed by atoms with E-state index in [0.717, 1.165) is 53.8 Å². The Morgan fingerprint density at radius 2 is 1.43 bits per heavy atom. The first-order valence-corrected chi connectivity index (χ1v) is 13.9. The molecule has 5 rings (SSSR count). The molecule has 0 spiro atoms. The van der Waals surface area contributed by atoms with E-state index in [1.54, 1.807) is 11.0 Å². The van der Waals surface area contributed by atoms with Gasteiger partial charge in [-0.05, 0) is 67.6 Å². The molecule has 0 bridgehead atoms. The predicted octanol–water partition coefficient (Wildman–Crippen LogP) is 8.29. The van der Waals surface area contributed by atoms with Gasteiger partial charge < -0.3 is 9.80 Å². The van der Waals surface area contributed by atoms with Crippen LogP contribution in [0.5, 0.6) is 0 Å². The molecule has 4 aromatic rings. The quantitative estimate of drug-likeness (QED) is 0.185. The number of fused-ring (bicyclic) bond motifs is 1. The number of hydrogen-bond acceptors (Lipinski definition) is 5. The Morgan fingerprint density at radius 1 is 0.786 bits per heavy atom. The first kappa shape index (κ1) is 29.6. The van der Waals surface area contributed by atoms with Gasteiger partial charge in [0.05, 0.1) is 16.6 Å².